The van der Waals surface area contributed by atoms with Crippen molar-refractivity contribution < 1.29 is 0 Å². The lowest BCUT2D eigenvalue weighted by atomic mass is 9.69. The maximum absolute atomic E-state index is 2.38. The summed E-state index contributed by atoms with van der Waals surface area (Å²) >= 11 is 0. The van der Waals surface area contributed by atoms with E-state index in [2.05, 4.69) is 45.9 Å². The molecule has 0 saturated heterocycles. The van der Waals surface area contributed by atoms with Gasteiger partial charge in [0.2, 0.25) is 0 Å². The van der Waals surface area contributed by atoms with Crippen molar-refractivity contribution in [3.05, 3.63) is 34.9 Å². The Morgan fingerprint density at radius 1 is 1.19 bits per heavy atom. The van der Waals surface area contributed by atoms with Gasteiger partial charge in [-0.05, 0) is 42.2 Å². The molecule has 0 N–H and O–H groups in total. The Hall–Kier alpha value is -0.780. The third kappa shape index (κ3) is 2.48. The highest BCUT2D eigenvalue weighted by molar-refractivity contribution is 5.40. The first kappa shape index (κ1) is 13.3. The lowest BCUT2D eigenvalue weighted by Gasteiger charge is -2.36. The molecule has 0 radical (unpaired) electrons. The second-order valence-corrected chi connectivity index (χ2v) is 5.41. The third-order valence-electron chi connectivity index (χ3n) is 3.67. The number of hydrogen-bond donors (Lipinski definition) is 0. The van der Waals surface area contributed by atoms with Gasteiger partial charge in [-0.1, -0.05) is 58.4 Å². The van der Waals surface area contributed by atoms with Crippen LogP contribution in [0.3, 0.4) is 0 Å². The molecule has 0 heteroatoms. The SMILES string of the molecule is CC.Cc1ccc2c(c1)C(C)CCC2(C)C. The molecule has 0 aliphatic heterocycles. The monoisotopic (exact) mass is 218 g/mol. The molecule has 1 aliphatic carbocycles. The largest absolute Gasteiger partial charge is 0.0683 e. The average molecular weight is 218 g/mol. The molecule has 0 amide bonds. The predicted octanol–water partition coefficient (Wildman–Crippen LogP) is 5.20. The molecule has 1 aromatic rings. The molecule has 1 unspecified atom stereocenters. The van der Waals surface area contributed by atoms with Crippen molar-refractivity contribution in [2.24, 2.45) is 0 Å². The van der Waals surface area contributed by atoms with Crippen LogP contribution in [0.15, 0.2) is 18.2 Å². The van der Waals surface area contributed by atoms with Gasteiger partial charge in [-0.15, -0.1) is 0 Å². The first-order chi connectivity index (χ1) is 7.50. The van der Waals surface area contributed by atoms with Crippen molar-refractivity contribution in [3.63, 3.8) is 0 Å². The van der Waals surface area contributed by atoms with Crippen LogP contribution in [0.4, 0.5) is 0 Å². The fourth-order valence-corrected chi connectivity index (χ4v) is 2.57. The van der Waals surface area contributed by atoms with E-state index in [1.807, 2.05) is 13.8 Å². The summed E-state index contributed by atoms with van der Waals surface area (Å²) in [6, 6.07) is 6.96. The first-order valence-corrected chi connectivity index (χ1v) is 6.62. The first-order valence-electron chi connectivity index (χ1n) is 6.62. The highest BCUT2D eigenvalue weighted by atomic mass is 14.3. The fourth-order valence-electron chi connectivity index (χ4n) is 2.57. The third-order valence-corrected chi connectivity index (χ3v) is 3.67. The Labute approximate surface area is 101 Å². The molecule has 0 nitrogen and oxygen atoms in total. The normalized spacial score (nSPS) is 21.8. The van der Waals surface area contributed by atoms with E-state index in [0.717, 1.165) is 5.92 Å². The van der Waals surface area contributed by atoms with Gasteiger partial charge in [0.25, 0.3) is 0 Å². The second-order valence-electron chi connectivity index (χ2n) is 5.41. The molecule has 0 aromatic heterocycles. The van der Waals surface area contributed by atoms with E-state index in [9.17, 15) is 0 Å². The second kappa shape index (κ2) is 5.03. The van der Waals surface area contributed by atoms with Crippen molar-refractivity contribution in [1.82, 2.24) is 0 Å². The van der Waals surface area contributed by atoms with Gasteiger partial charge in [0.05, 0.1) is 0 Å². The van der Waals surface area contributed by atoms with E-state index < -0.39 is 0 Å². The van der Waals surface area contributed by atoms with Crippen LogP contribution in [0.25, 0.3) is 0 Å². The van der Waals surface area contributed by atoms with Gasteiger partial charge in [-0.2, -0.15) is 0 Å². The van der Waals surface area contributed by atoms with Gasteiger partial charge < -0.3 is 0 Å². The maximum atomic E-state index is 2.38. The lowest BCUT2D eigenvalue weighted by Crippen LogP contribution is -2.25. The number of rotatable bonds is 0. The van der Waals surface area contributed by atoms with Crippen LogP contribution >= 0.6 is 0 Å². The molecule has 0 bridgehead atoms. The highest BCUT2D eigenvalue weighted by Gasteiger charge is 2.30. The molecule has 16 heavy (non-hydrogen) atoms. The van der Waals surface area contributed by atoms with Gasteiger partial charge in [0.15, 0.2) is 0 Å². The fraction of sp³-hybridized carbons (Fsp3) is 0.625. The Balaban J connectivity index is 0.000000606. The van der Waals surface area contributed by atoms with E-state index in [4.69, 9.17) is 0 Å². The summed E-state index contributed by atoms with van der Waals surface area (Å²) in [7, 11) is 0. The number of aryl methyl sites for hydroxylation is 1. The van der Waals surface area contributed by atoms with Gasteiger partial charge in [-0.25, -0.2) is 0 Å². The van der Waals surface area contributed by atoms with Gasteiger partial charge in [0.1, 0.15) is 0 Å². The smallest absolute Gasteiger partial charge is 0.0101 e. The van der Waals surface area contributed by atoms with Crippen molar-refractivity contribution in [2.75, 3.05) is 0 Å². The van der Waals surface area contributed by atoms with E-state index in [-0.39, 0.29) is 0 Å². The summed E-state index contributed by atoms with van der Waals surface area (Å²) in [5, 5.41) is 0. The molecule has 2 rings (SSSR count). The van der Waals surface area contributed by atoms with E-state index in [1.54, 1.807) is 11.1 Å². The maximum Gasteiger partial charge on any atom is -0.0101 e. The van der Waals surface area contributed by atoms with E-state index >= 15 is 0 Å². The molecule has 0 heterocycles. The minimum atomic E-state index is 0.384. The zero-order valence-electron chi connectivity index (χ0n) is 11.7. The lowest BCUT2D eigenvalue weighted by molar-refractivity contribution is 0.402. The van der Waals surface area contributed by atoms with Gasteiger partial charge in [-0.3, -0.25) is 0 Å². The Morgan fingerprint density at radius 2 is 1.81 bits per heavy atom. The zero-order valence-corrected chi connectivity index (χ0v) is 11.7. The van der Waals surface area contributed by atoms with Crippen molar-refractivity contribution in [2.45, 2.75) is 65.7 Å². The zero-order chi connectivity index (χ0) is 12.3. The Kier molecular flexibility index (Phi) is 4.18. The Bertz CT molecular complexity index is 347. The quantitative estimate of drug-likeness (QED) is 0.561. The number of fused-ring (bicyclic) bond motifs is 1. The van der Waals surface area contributed by atoms with Crippen LogP contribution in [0, 0.1) is 6.92 Å². The van der Waals surface area contributed by atoms with Crippen LogP contribution in [-0.2, 0) is 5.41 Å². The van der Waals surface area contributed by atoms with Crippen molar-refractivity contribution in [1.29, 1.82) is 0 Å². The number of hydrogen-bond acceptors (Lipinski definition) is 0. The highest BCUT2D eigenvalue weighted by Crippen LogP contribution is 2.42. The van der Waals surface area contributed by atoms with Crippen molar-refractivity contribution in [3.8, 4) is 0 Å². The Morgan fingerprint density at radius 3 is 2.44 bits per heavy atom. The summed E-state index contributed by atoms with van der Waals surface area (Å²) in [4.78, 5) is 0. The van der Waals surface area contributed by atoms with Crippen LogP contribution < -0.4 is 0 Å². The summed E-state index contributed by atoms with van der Waals surface area (Å²) in [6.45, 7) is 13.3. The van der Waals surface area contributed by atoms with Crippen LogP contribution in [0.2, 0.25) is 0 Å². The average Bonchev–Trinajstić information content (AvgIpc) is 2.27. The molecule has 0 saturated carbocycles. The summed E-state index contributed by atoms with van der Waals surface area (Å²) in [6.07, 6.45) is 2.66. The van der Waals surface area contributed by atoms with Crippen LogP contribution in [0.5, 0.6) is 0 Å². The number of benzene rings is 1. The molecular weight excluding hydrogens is 192 g/mol. The molecule has 1 atom stereocenters. The molecule has 0 spiro atoms. The van der Waals surface area contributed by atoms with Crippen LogP contribution in [-0.4, -0.2) is 0 Å². The van der Waals surface area contributed by atoms with Crippen molar-refractivity contribution >= 4 is 0 Å². The van der Waals surface area contributed by atoms with Gasteiger partial charge >= 0.3 is 0 Å². The minimum absolute atomic E-state index is 0.384. The standard InChI is InChI=1S/C14H20.C2H6/c1-10-5-6-13-12(9-10)11(2)7-8-14(13,3)4;1-2/h5-6,9,11H,7-8H2,1-4H3;1-2H3. The van der Waals surface area contributed by atoms with E-state index in [1.165, 1.54) is 18.4 Å². The molecule has 1 aliphatic rings. The topological polar surface area (TPSA) is 0 Å². The predicted molar refractivity (Wildman–Crippen MR) is 73.2 cm³/mol. The van der Waals surface area contributed by atoms with Crippen LogP contribution in [0.1, 0.15) is 70.1 Å². The summed E-state index contributed by atoms with van der Waals surface area (Å²) < 4.78 is 0. The summed E-state index contributed by atoms with van der Waals surface area (Å²) in [5.74, 6) is 0.748. The molecule has 1 aromatic carbocycles. The molecular formula is C16H26. The van der Waals surface area contributed by atoms with Gasteiger partial charge in [0, 0.05) is 0 Å². The minimum Gasteiger partial charge on any atom is -0.0683 e. The molecule has 0 fully saturated rings. The summed E-state index contributed by atoms with van der Waals surface area (Å²) in [5.41, 5.74) is 4.94. The molecule has 90 valence electrons. The van der Waals surface area contributed by atoms with E-state index in [0.29, 0.717) is 5.41 Å².